The van der Waals surface area contributed by atoms with Gasteiger partial charge in [0.1, 0.15) is 0 Å². The molecule has 2 aromatic rings. The quantitative estimate of drug-likeness (QED) is 0.797. The Morgan fingerprint density at radius 2 is 1.54 bits per heavy atom. The second kappa shape index (κ2) is 8.45. The molecule has 4 heteroatoms. The summed E-state index contributed by atoms with van der Waals surface area (Å²) in [6.07, 6.45) is 5.07. The molecule has 140 valence electrons. The average molecular weight is 355 g/mol. The van der Waals surface area contributed by atoms with Gasteiger partial charge in [0.25, 0.3) is 0 Å². The Morgan fingerprint density at radius 1 is 0.885 bits per heavy atom. The minimum atomic E-state index is 0.279. The summed E-state index contributed by atoms with van der Waals surface area (Å²) in [5.74, 6) is 2.00. The Labute approximate surface area is 156 Å². The van der Waals surface area contributed by atoms with Crippen molar-refractivity contribution >= 4 is 0 Å². The van der Waals surface area contributed by atoms with Gasteiger partial charge in [0.2, 0.25) is 5.75 Å². The second-order valence-electron chi connectivity index (χ2n) is 6.87. The predicted molar refractivity (Wildman–Crippen MR) is 104 cm³/mol. The third kappa shape index (κ3) is 3.96. The number of nitrogens with one attached hydrogen (secondary N) is 1. The van der Waals surface area contributed by atoms with Crippen LogP contribution < -0.4 is 19.5 Å². The smallest absolute Gasteiger partial charge is 0.203 e. The van der Waals surface area contributed by atoms with E-state index in [2.05, 4.69) is 30.4 Å². The van der Waals surface area contributed by atoms with Crippen LogP contribution in [0.4, 0.5) is 0 Å². The lowest BCUT2D eigenvalue weighted by Gasteiger charge is -2.20. The van der Waals surface area contributed by atoms with Crippen molar-refractivity contribution in [3.8, 4) is 17.2 Å². The fraction of sp³-hybridized carbons (Fsp3) is 0.455. The normalized spacial score (nSPS) is 14.5. The number of fused-ring (bicyclic) bond motifs is 1. The highest BCUT2D eigenvalue weighted by Crippen LogP contribution is 2.38. The van der Waals surface area contributed by atoms with Crippen molar-refractivity contribution in [1.29, 1.82) is 0 Å². The van der Waals surface area contributed by atoms with E-state index in [1.807, 2.05) is 12.1 Å². The molecule has 0 aliphatic heterocycles. The first kappa shape index (κ1) is 18.6. The summed E-state index contributed by atoms with van der Waals surface area (Å²) in [7, 11) is 4.91. The molecule has 4 nitrogen and oxygen atoms in total. The molecule has 3 rings (SSSR count). The van der Waals surface area contributed by atoms with Crippen LogP contribution in [0.2, 0.25) is 0 Å². The van der Waals surface area contributed by atoms with Gasteiger partial charge in [0, 0.05) is 12.6 Å². The van der Waals surface area contributed by atoms with E-state index in [0.717, 1.165) is 12.1 Å². The van der Waals surface area contributed by atoms with Gasteiger partial charge in [-0.25, -0.2) is 0 Å². The molecule has 0 heterocycles. The van der Waals surface area contributed by atoms with Gasteiger partial charge in [0.15, 0.2) is 11.5 Å². The maximum Gasteiger partial charge on any atom is 0.203 e. The maximum absolute atomic E-state index is 5.44. The Kier molecular flexibility index (Phi) is 6.04. The number of rotatable bonds is 7. The Bertz CT molecular complexity index is 732. The van der Waals surface area contributed by atoms with Gasteiger partial charge in [-0.3, -0.25) is 0 Å². The molecule has 0 spiro atoms. The van der Waals surface area contributed by atoms with Crippen LogP contribution >= 0.6 is 0 Å². The van der Waals surface area contributed by atoms with Gasteiger partial charge in [-0.1, -0.05) is 18.2 Å². The predicted octanol–water partition coefficient (Wildman–Crippen LogP) is 4.44. The molecule has 1 atom stereocenters. The van der Waals surface area contributed by atoms with Crippen molar-refractivity contribution < 1.29 is 14.2 Å². The molecule has 0 bridgehead atoms. The zero-order valence-electron chi connectivity index (χ0n) is 16.2. The van der Waals surface area contributed by atoms with Gasteiger partial charge in [0.05, 0.1) is 21.3 Å². The molecule has 2 aromatic carbocycles. The summed E-state index contributed by atoms with van der Waals surface area (Å²) in [5.41, 5.74) is 5.49. The van der Waals surface area contributed by atoms with Gasteiger partial charge in [-0.05, 0) is 67.0 Å². The molecule has 0 aromatic heterocycles. The minimum Gasteiger partial charge on any atom is -0.493 e. The molecule has 0 saturated heterocycles. The molecule has 0 radical (unpaired) electrons. The SMILES string of the molecule is COc1cc(CN[C@@H](C)c2ccc3c(c2)CCCC3)cc(OC)c1OC. The standard InChI is InChI=1S/C22H29NO3/c1-15(18-10-9-17-7-5-6-8-19(17)13-18)23-14-16-11-20(24-2)22(26-4)21(12-16)25-3/h9-13,15,23H,5-8,14H2,1-4H3/t15-/m0/s1. The first-order valence-electron chi connectivity index (χ1n) is 9.30. The van der Waals surface area contributed by atoms with E-state index in [9.17, 15) is 0 Å². The zero-order chi connectivity index (χ0) is 18.5. The summed E-state index contributed by atoms with van der Waals surface area (Å²) in [6, 6.07) is 11.2. The number of benzene rings is 2. The van der Waals surface area contributed by atoms with Gasteiger partial charge < -0.3 is 19.5 Å². The van der Waals surface area contributed by atoms with Crippen LogP contribution in [0.15, 0.2) is 30.3 Å². The summed E-state index contributed by atoms with van der Waals surface area (Å²) < 4.78 is 16.3. The van der Waals surface area contributed by atoms with Crippen LogP contribution in [0, 0.1) is 0 Å². The third-order valence-electron chi connectivity index (χ3n) is 5.21. The van der Waals surface area contributed by atoms with E-state index in [0.29, 0.717) is 17.2 Å². The first-order valence-corrected chi connectivity index (χ1v) is 9.30. The largest absolute Gasteiger partial charge is 0.493 e. The first-order chi connectivity index (χ1) is 12.7. The molecular weight excluding hydrogens is 326 g/mol. The lowest BCUT2D eigenvalue weighted by molar-refractivity contribution is 0.323. The highest BCUT2D eigenvalue weighted by Gasteiger charge is 2.15. The van der Waals surface area contributed by atoms with Gasteiger partial charge in [-0.2, -0.15) is 0 Å². The molecule has 0 saturated carbocycles. The van der Waals surface area contributed by atoms with Gasteiger partial charge >= 0.3 is 0 Å². The molecule has 1 aliphatic rings. The fourth-order valence-electron chi connectivity index (χ4n) is 3.65. The summed E-state index contributed by atoms with van der Waals surface area (Å²) in [6.45, 7) is 2.94. The van der Waals surface area contributed by atoms with Crippen LogP contribution in [0.25, 0.3) is 0 Å². The number of aryl methyl sites for hydroxylation is 2. The third-order valence-corrected chi connectivity index (χ3v) is 5.21. The van der Waals surface area contributed by atoms with E-state index in [-0.39, 0.29) is 6.04 Å². The van der Waals surface area contributed by atoms with E-state index < -0.39 is 0 Å². The molecule has 1 N–H and O–H groups in total. The number of ether oxygens (including phenoxy) is 3. The number of hydrogen-bond acceptors (Lipinski definition) is 4. The van der Waals surface area contributed by atoms with E-state index in [4.69, 9.17) is 14.2 Å². The maximum atomic E-state index is 5.44. The van der Waals surface area contributed by atoms with E-state index >= 15 is 0 Å². The van der Waals surface area contributed by atoms with E-state index in [1.54, 1.807) is 21.3 Å². The molecular formula is C22H29NO3. The summed E-state index contributed by atoms with van der Waals surface area (Å²) >= 11 is 0. The van der Waals surface area contributed by atoms with Crippen molar-refractivity contribution in [3.63, 3.8) is 0 Å². The average Bonchev–Trinajstić information content (AvgIpc) is 2.70. The monoisotopic (exact) mass is 355 g/mol. The fourth-order valence-corrected chi connectivity index (χ4v) is 3.65. The highest BCUT2D eigenvalue weighted by molar-refractivity contribution is 5.53. The van der Waals surface area contributed by atoms with Crippen molar-refractivity contribution in [2.45, 2.75) is 45.2 Å². The highest BCUT2D eigenvalue weighted by atomic mass is 16.5. The molecule has 0 amide bonds. The minimum absolute atomic E-state index is 0.279. The second-order valence-corrected chi connectivity index (χ2v) is 6.87. The van der Waals surface area contributed by atoms with Crippen LogP contribution in [0.5, 0.6) is 17.2 Å². The van der Waals surface area contributed by atoms with Crippen LogP contribution in [-0.4, -0.2) is 21.3 Å². The van der Waals surface area contributed by atoms with Gasteiger partial charge in [-0.15, -0.1) is 0 Å². The molecule has 1 aliphatic carbocycles. The molecule has 0 unspecified atom stereocenters. The summed E-state index contributed by atoms with van der Waals surface area (Å²) in [4.78, 5) is 0. The van der Waals surface area contributed by atoms with Crippen LogP contribution in [0.3, 0.4) is 0 Å². The Balaban J connectivity index is 1.72. The molecule has 26 heavy (non-hydrogen) atoms. The van der Waals surface area contributed by atoms with Crippen molar-refractivity contribution in [2.24, 2.45) is 0 Å². The topological polar surface area (TPSA) is 39.7 Å². The van der Waals surface area contributed by atoms with Crippen molar-refractivity contribution in [2.75, 3.05) is 21.3 Å². The zero-order valence-corrected chi connectivity index (χ0v) is 16.2. The number of hydrogen-bond donors (Lipinski definition) is 1. The molecule has 0 fully saturated rings. The van der Waals surface area contributed by atoms with Crippen LogP contribution in [0.1, 0.15) is 48.1 Å². The lowest BCUT2D eigenvalue weighted by Crippen LogP contribution is -2.19. The summed E-state index contributed by atoms with van der Waals surface area (Å²) in [5, 5.41) is 3.61. The number of methoxy groups -OCH3 is 3. The Hall–Kier alpha value is -2.20. The van der Waals surface area contributed by atoms with Crippen molar-refractivity contribution in [1.82, 2.24) is 5.32 Å². The Morgan fingerprint density at radius 3 is 2.15 bits per heavy atom. The lowest BCUT2D eigenvalue weighted by atomic mass is 9.89. The van der Waals surface area contributed by atoms with Crippen molar-refractivity contribution in [3.05, 3.63) is 52.6 Å². The van der Waals surface area contributed by atoms with E-state index in [1.165, 1.54) is 42.4 Å². The van der Waals surface area contributed by atoms with Crippen LogP contribution in [-0.2, 0) is 19.4 Å².